The molecular weight excluding hydrogens is 554 g/mol. The first-order chi connectivity index (χ1) is 20.2. The lowest BCUT2D eigenvalue weighted by atomic mass is 10.0. The van der Waals surface area contributed by atoms with Crippen LogP contribution < -0.4 is 19.9 Å². The normalized spacial score (nSPS) is 13.3. The zero-order valence-corrected chi connectivity index (χ0v) is 23.6. The Hall–Kier alpha value is -5.21. The van der Waals surface area contributed by atoms with Crippen LogP contribution >= 0.6 is 11.6 Å². The molecular formula is C33H26ClN3O5. The molecule has 1 N–H and O–H groups in total. The zero-order valence-electron chi connectivity index (χ0n) is 22.8. The number of hydrogen-bond donors (Lipinski definition) is 1. The number of urea groups is 1. The zero-order chi connectivity index (χ0) is 29.8. The minimum atomic E-state index is -0.804. The van der Waals surface area contributed by atoms with Crippen molar-refractivity contribution in [2.45, 2.75) is 13.8 Å². The van der Waals surface area contributed by atoms with E-state index in [4.69, 9.17) is 16.3 Å². The molecule has 0 unspecified atom stereocenters. The number of nitrogens with one attached hydrogen (secondary N) is 1. The van der Waals surface area contributed by atoms with Gasteiger partial charge in [0.2, 0.25) is 0 Å². The Balaban J connectivity index is 1.48. The molecule has 1 aliphatic rings. The van der Waals surface area contributed by atoms with Gasteiger partial charge in [0.15, 0.2) is 6.61 Å². The molecule has 1 fully saturated rings. The Morgan fingerprint density at radius 3 is 1.98 bits per heavy atom. The minimum Gasteiger partial charge on any atom is -0.483 e. The highest BCUT2D eigenvalue weighted by atomic mass is 35.5. The number of benzene rings is 4. The van der Waals surface area contributed by atoms with Gasteiger partial charge in [-0.2, -0.15) is 0 Å². The van der Waals surface area contributed by atoms with Crippen molar-refractivity contribution in [1.82, 2.24) is 0 Å². The van der Waals surface area contributed by atoms with Gasteiger partial charge in [-0.3, -0.25) is 14.4 Å². The molecule has 8 nitrogen and oxygen atoms in total. The number of carbonyl (C=O) groups excluding carboxylic acids is 4. The molecule has 0 radical (unpaired) electrons. The summed E-state index contributed by atoms with van der Waals surface area (Å²) in [5.74, 6) is -1.78. The molecule has 0 aromatic heterocycles. The van der Waals surface area contributed by atoms with Crippen molar-refractivity contribution < 1.29 is 23.9 Å². The van der Waals surface area contributed by atoms with Crippen LogP contribution in [0.1, 0.15) is 16.7 Å². The molecule has 4 aromatic carbocycles. The molecule has 5 rings (SSSR count). The highest BCUT2D eigenvalue weighted by molar-refractivity contribution is 6.46. The molecule has 4 aromatic rings. The number of ether oxygens (including phenoxy) is 1. The molecule has 9 heteroatoms. The van der Waals surface area contributed by atoms with Gasteiger partial charge in [-0.05, 0) is 74.0 Å². The highest BCUT2D eigenvalue weighted by Gasteiger charge is 2.43. The van der Waals surface area contributed by atoms with Gasteiger partial charge in [-0.15, -0.1) is 0 Å². The van der Waals surface area contributed by atoms with E-state index in [-0.39, 0.29) is 23.5 Å². The van der Waals surface area contributed by atoms with E-state index in [1.165, 1.54) is 12.1 Å². The van der Waals surface area contributed by atoms with Gasteiger partial charge in [-0.25, -0.2) is 14.6 Å². The summed E-state index contributed by atoms with van der Waals surface area (Å²) >= 11 is 6.27. The van der Waals surface area contributed by atoms with E-state index in [0.717, 1.165) is 20.9 Å². The number of barbiturate groups is 1. The van der Waals surface area contributed by atoms with Gasteiger partial charge in [0, 0.05) is 16.3 Å². The number of carbonyl (C=O) groups is 4. The number of nitrogens with zero attached hydrogens (tertiary/aromatic N) is 2. The van der Waals surface area contributed by atoms with Crippen LogP contribution in [-0.2, 0) is 14.4 Å². The van der Waals surface area contributed by atoms with Crippen molar-refractivity contribution in [2.75, 3.05) is 21.7 Å². The molecule has 1 aliphatic heterocycles. The number of aryl methyl sites for hydroxylation is 2. The van der Waals surface area contributed by atoms with Crippen LogP contribution in [0.3, 0.4) is 0 Å². The number of halogens is 1. The van der Waals surface area contributed by atoms with Crippen LogP contribution in [0, 0.1) is 13.8 Å². The van der Waals surface area contributed by atoms with Crippen LogP contribution in [0.2, 0.25) is 5.02 Å². The lowest BCUT2D eigenvalue weighted by Crippen LogP contribution is -2.57. The Bertz CT molecular complexity index is 1660. The first-order valence-corrected chi connectivity index (χ1v) is 13.4. The van der Waals surface area contributed by atoms with E-state index in [2.05, 4.69) is 5.32 Å². The fourth-order valence-electron chi connectivity index (χ4n) is 4.54. The molecule has 210 valence electrons. The summed E-state index contributed by atoms with van der Waals surface area (Å²) in [7, 11) is 0. The van der Waals surface area contributed by atoms with Crippen molar-refractivity contribution in [3.05, 3.63) is 124 Å². The third-order valence-electron chi connectivity index (χ3n) is 6.56. The highest BCUT2D eigenvalue weighted by Crippen LogP contribution is 2.32. The molecule has 0 aliphatic carbocycles. The van der Waals surface area contributed by atoms with E-state index in [9.17, 15) is 19.2 Å². The monoisotopic (exact) mass is 579 g/mol. The Labute approximate surface area is 247 Å². The number of hydrogen-bond acceptors (Lipinski definition) is 5. The van der Waals surface area contributed by atoms with Crippen LogP contribution in [-0.4, -0.2) is 30.4 Å². The summed E-state index contributed by atoms with van der Waals surface area (Å²) in [5.41, 5.74) is 3.26. The van der Waals surface area contributed by atoms with Crippen LogP contribution in [0.15, 0.2) is 103 Å². The van der Waals surface area contributed by atoms with Crippen molar-refractivity contribution >= 4 is 58.5 Å². The first kappa shape index (κ1) is 28.3. The first-order valence-electron chi connectivity index (χ1n) is 13.1. The molecule has 1 saturated heterocycles. The third kappa shape index (κ3) is 5.94. The van der Waals surface area contributed by atoms with Crippen molar-refractivity contribution in [1.29, 1.82) is 0 Å². The number of rotatable bonds is 7. The molecule has 42 heavy (non-hydrogen) atoms. The minimum absolute atomic E-state index is 0.220. The molecule has 0 spiro atoms. The van der Waals surface area contributed by atoms with Crippen molar-refractivity contribution in [2.24, 2.45) is 0 Å². The second-order valence-corrected chi connectivity index (χ2v) is 10.1. The number of imide groups is 2. The van der Waals surface area contributed by atoms with Gasteiger partial charge in [0.25, 0.3) is 17.7 Å². The fraction of sp³-hybridized carbons (Fsp3) is 0.0909. The molecule has 0 atom stereocenters. The number of anilines is 3. The Morgan fingerprint density at radius 1 is 0.810 bits per heavy atom. The van der Waals surface area contributed by atoms with E-state index in [1.54, 1.807) is 72.8 Å². The summed E-state index contributed by atoms with van der Waals surface area (Å²) in [4.78, 5) is 55.5. The Kier molecular flexibility index (Phi) is 8.17. The SMILES string of the molecule is Cc1ccc(NC(=O)COc2ccc(Cl)cc2C=C2C(=O)N(c3ccccc3)C(=O)N(c3ccccc3)C2=O)c(C)c1. The lowest BCUT2D eigenvalue weighted by molar-refractivity contribution is -0.121. The maximum Gasteiger partial charge on any atom is 0.343 e. The predicted octanol–water partition coefficient (Wildman–Crippen LogP) is 6.56. The second-order valence-electron chi connectivity index (χ2n) is 9.63. The van der Waals surface area contributed by atoms with E-state index < -0.39 is 23.8 Å². The maximum atomic E-state index is 13.7. The van der Waals surface area contributed by atoms with Gasteiger partial charge < -0.3 is 10.1 Å². The molecule has 5 amide bonds. The van der Waals surface area contributed by atoms with Crippen LogP contribution in [0.4, 0.5) is 21.9 Å². The number of para-hydroxylation sites is 2. The smallest absolute Gasteiger partial charge is 0.343 e. The topological polar surface area (TPSA) is 96.0 Å². The standard InChI is InChI=1S/C33H26ClN3O5/c1-21-13-15-28(22(2)17-21)35-30(38)20-42-29-16-14-24(34)18-23(29)19-27-31(39)36(25-9-5-3-6-10-25)33(41)37(32(27)40)26-11-7-4-8-12-26/h3-19H,20H2,1-2H3,(H,35,38). The quantitative estimate of drug-likeness (QED) is 0.198. The van der Waals surface area contributed by atoms with Gasteiger partial charge in [0.05, 0.1) is 11.4 Å². The molecule has 1 heterocycles. The molecule has 0 bridgehead atoms. The lowest BCUT2D eigenvalue weighted by Gasteiger charge is -2.34. The molecule has 0 saturated carbocycles. The largest absolute Gasteiger partial charge is 0.483 e. The average Bonchev–Trinajstić information content (AvgIpc) is 2.97. The maximum absolute atomic E-state index is 13.7. The summed E-state index contributed by atoms with van der Waals surface area (Å²) in [6, 6.07) is 26.2. The summed E-state index contributed by atoms with van der Waals surface area (Å²) in [5, 5.41) is 3.14. The van der Waals surface area contributed by atoms with Crippen LogP contribution in [0.5, 0.6) is 5.75 Å². The van der Waals surface area contributed by atoms with Crippen molar-refractivity contribution in [3.8, 4) is 5.75 Å². The number of amides is 5. The van der Waals surface area contributed by atoms with E-state index >= 15 is 0 Å². The van der Waals surface area contributed by atoms with Gasteiger partial charge in [0.1, 0.15) is 11.3 Å². The summed E-state index contributed by atoms with van der Waals surface area (Å²) in [6.45, 7) is 3.53. The summed E-state index contributed by atoms with van der Waals surface area (Å²) < 4.78 is 5.81. The van der Waals surface area contributed by atoms with Gasteiger partial charge >= 0.3 is 6.03 Å². The van der Waals surface area contributed by atoms with Crippen LogP contribution in [0.25, 0.3) is 6.08 Å². The fourth-order valence-corrected chi connectivity index (χ4v) is 4.72. The second kappa shape index (κ2) is 12.1. The Morgan fingerprint density at radius 2 is 1.40 bits per heavy atom. The van der Waals surface area contributed by atoms with E-state index in [0.29, 0.717) is 22.1 Å². The third-order valence-corrected chi connectivity index (χ3v) is 6.80. The predicted molar refractivity (Wildman–Crippen MR) is 163 cm³/mol. The average molecular weight is 580 g/mol. The van der Waals surface area contributed by atoms with E-state index in [1.807, 2.05) is 32.0 Å². The van der Waals surface area contributed by atoms with Crippen molar-refractivity contribution in [3.63, 3.8) is 0 Å². The summed E-state index contributed by atoms with van der Waals surface area (Å²) in [6.07, 6.45) is 1.33. The van der Waals surface area contributed by atoms with Gasteiger partial charge in [-0.1, -0.05) is 65.7 Å².